The van der Waals surface area contributed by atoms with Gasteiger partial charge in [0.1, 0.15) is 16.5 Å². The molecule has 264 valence electrons. The molecule has 0 saturated carbocycles. The van der Waals surface area contributed by atoms with Gasteiger partial charge in [0, 0.05) is 40.1 Å². The third kappa shape index (κ3) is 6.34. The largest absolute Gasteiger partial charge is 0.294 e. The molecular weight excluding hydrogens is 691 g/mol. The zero-order valence-electron chi connectivity index (χ0n) is 30.9. The molecule has 2 heterocycles. The first-order valence-electron chi connectivity index (χ1n) is 18.1. The van der Waals surface area contributed by atoms with E-state index in [9.17, 15) is 0 Å². The number of halogens is 2. The van der Waals surface area contributed by atoms with Crippen molar-refractivity contribution in [3.8, 4) is 0 Å². The van der Waals surface area contributed by atoms with Crippen LogP contribution in [0.2, 0.25) is 0 Å². The number of nitrogens with zero attached hydrogens (tertiary/aromatic N) is 4. The van der Waals surface area contributed by atoms with E-state index in [4.69, 9.17) is 33.2 Å². The zero-order valence-corrected chi connectivity index (χ0v) is 32.4. The van der Waals surface area contributed by atoms with Crippen molar-refractivity contribution < 1.29 is 0 Å². The van der Waals surface area contributed by atoms with E-state index in [1.54, 1.807) is 0 Å². The second-order valence-electron chi connectivity index (χ2n) is 15.8. The van der Waals surface area contributed by atoms with Crippen LogP contribution in [-0.4, -0.2) is 9.97 Å². The average Bonchev–Trinajstić information content (AvgIpc) is 3.15. The molecule has 0 N–H and O–H groups in total. The molecule has 0 aliphatic rings. The van der Waals surface area contributed by atoms with Crippen LogP contribution < -0.4 is 9.80 Å². The second kappa shape index (κ2) is 13.4. The molecule has 0 unspecified atom stereocenters. The first-order chi connectivity index (χ1) is 25.4. The lowest BCUT2D eigenvalue weighted by Crippen LogP contribution is -2.16. The van der Waals surface area contributed by atoms with E-state index in [0.717, 1.165) is 66.9 Å². The molecule has 0 amide bonds. The Kier molecular flexibility index (Phi) is 8.80. The fourth-order valence-electron chi connectivity index (χ4n) is 7.44. The Morgan fingerprint density at radius 1 is 0.509 bits per heavy atom. The lowest BCUT2D eigenvalue weighted by atomic mass is 9.87. The summed E-state index contributed by atoms with van der Waals surface area (Å²) in [6.45, 7) is 13.4. The summed E-state index contributed by atoms with van der Waals surface area (Å²) in [5.74, 6) is 1.63. The molecule has 4 nitrogen and oxygen atoms in total. The number of aromatic nitrogens is 2. The lowest BCUT2D eigenvalue weighted by molar-refractivity contribution is 0.590. The maximum absolute atomic E-state index is 6.90. The molecule has 0 aliphatic heterocycles. The molecule has 8 aromatic rings. The van der Waals surface area contributed by atoms with Crippen LogP contribution in [-0.2, 0) is 10.8 Å². The summed E-state index contributed by atoms with van der Waals surface area (Å²) in [5, 5.41) is 6.70. The van der Waals surface area contributed by atoms with Gasteiger partial charge >= 0.3 is 0 Å². The Hall–Kier alpha value is -5.16. The summed E-state index contributed by atoms with van der Waals surface area (Å²) in [7, 11) is 0. The van der Waals surface area contributed by atoms with E-state index in [1.807, 2.05) is 42.7 Å². The van der Waals surface area contributed by atoms with Crippen molar-refractivity contribution in [1.29, 1.82) is 0 Å². The Balaban J connectivity index is 1.41. The van der Waals surface area contributed by atoms with Crippen LogP contribution in [0.25, 0.3) is 32.3 Å². The maximum Gasteiger partial charge on any atom is 0.137 e. The quantitative estimate of drug-likeness (QED) is 0.121. The highest BCUT2D eigenvalue weighted by Crippen LogP contribution is 2.50. The fraction of sp³-hybridized carbons (Fsp3) is 0.191. The van der Waals surface area contributed by atoms with Gasteiger partial charge in [0.25, 0.3) is 0 Å². The highest BCUT2D eigenvalue weighted by atomic mass is 35.5. The van der Waals surface area contributed by atoms with Gasteiger partial charge in [0.15, 0.2) is 0 Å². The number of anilines is 6. The highest BCUT2D eigenvalue weighted by molar-refractivity contribution is 6.45. The molecule has 0 radical (unpaired) electrons. The van der Waals surface area contributed by atoms with Crippen LogP contribution >= 0.6 is 23.2 Å². The second-order valence-corrected chi connectivity index (χ2v) is 16.9. The minimum atomic E-state index is -0.779. The van der Waals surface area contributed by atoms with E-state index in [-0.39, 0.29) is 10.8 Å². The minimum absolute atomic E-state index is 0.0133. The van der Waals surface area contributed by atoms with Crippen LogP contribution in [0.1, 0.15) is 63.1 Å². The van der Waals surface area contributed by atoms with Crippen molar-refractivity contribution in [2.24, 2.45) is 0 Å². The average molecular weight is 734 g/mol. The summed E-state index contributed by atoms with van der Waals surface area (Å²) in [6, 6.07) is 45.1. The predicted octanol–water partition coefficient (Wildman–Crippen LogP) is 14.4. The van der Waals surface area contributed by atoms with Crippen molar-refractivity contribution >= 4 is 89.9 Å². The molecule has 0 saturated heterocycles. The van der Waals surface area contributed by atoms with Crippen LogP contribution in [0.3, 0.4) is 0 Å². The molecule has 53 heavy (non-hydrogen) atoms. The van der Waals surface area contributed by atoms with Gasteiger partial charge in [-0.2, -0.15) is 0 Å². The zero-order chi connectivity index (χ0) is 37.1. The van der Waals surface area contributed by atoms with Crippen LogP contribution in [0.5, 0.6) is 0 Å². The first kappa shape index (κ1) is 34.9. The molecule has 6 aromatic carbocycles. The van der Waals surface area contributed by atoms with Crippen molar-refractivity contribution in [2.75, 3.05) is 9.80 Å². The number of rotatable bonds is 7. The van der Waals surface area contributed by atoms with Gasteiger partial charge in [0.2, 0.25) is 0 Å². The predicted molar refractivity (Wildman–Crippen MR) is 227 cm³/mol. The number of benzene rings is 6. The molecule has 2 aromatic heterocycles. The van der Waals surface area contributed by atoms with Gasteiger partial charge < -0.3 is 0 Å². The Morgan fingerprint density at radius 2 is 1.00 bits per heavy atom. The van der Waals surface area contributed by atoms with Gasteiger partial charge in [-0.05, 0) is 104 Å². The van der Waals surface area contributed by atoms with Crippen molar-refractivity contribution in [1.82, 2.24) is 9.97 Å². The SMILES string of the molecule is CC(C)(C)c1ccc(N(c2ccccn2)c2ccc3ccc4c(N(c5ccc(C(C)(C)C)cc5)c5ccccn5)c(C(Cl)Cl)cc5ccc2c3c54)cc1. The van der Waals surface area contributed by atoms with Crippen molar-refractivity contribution in [3.05, 3.63) is 156 Å². The van der Waals surface area contributed by atoms with Gasteiger partial charge in [-0.25, -0.2) is 9.97 Å². The Labute approximate surface area is 322 Å². The summed E-state index contributed by atoms with van der Waals surface area (Å²) >= 11 is 13.8. The van der Waals surface area contributed by atoms with E-state index in [0.29, 0.717) is 0 Å². The summed E-state index contributed by atoms with van der Waals surface area (Å²) in [6.07, 6.45) is 3.68. The van der Waals surface area contributed by atoms with Crippen LogP contribution in [0, 0.1) is 0 Å². The molecule has 8 rings (SSSR count). The van der Waals surface area contributed by atoms with E-state index < -0.39 is 4.84 Å². The molecule has 0 fully saturated rings. The molecule has 0 bridgehead atoms. The van der Waals surface area contributed by atoms with E-state index in [1.165, 1.54) is 16.5 Å². The molecule has 0 atom stereocenters. The van der Waals surface area contributed by atoms with Crippen LogP contribution in [0.4, 0.5) is 34.4 Å². The minimum Gasteiger partial charge on any atom is -0.294 e. The topological polar surface area (TPSA) is 32.3 Å². The first-order valence-corrected chi connectivity index (χ1v) is 18.9. The van der Waals surface area contributed by atoms with E-state index >= 15 is 0 Å². The lowest BCUT2D eigenvalue weighted by Gasteiger charge is -2.31. The standard InChI is InChI=1S/C47H42Cl2N4/c1-46(2,3)32-16-20-34(21-17-32)52(40-11-7-9-27-50-40)39-26-15-30-13-25-37-43-31(14-24-36(39)42(30)43)29-38(45(48)49)44(37)53(41-12-8-10-28-51-41)35-22-18-33(19-23-35)47(4,5)6/h7-29,45H,1-6H3. The number of hydrogen-bond acceptors (Lipinski definition) is 4. The smallest absolute Gasteiger partial charge is 0.137 e. The third-order valence-corrected chi connectivity index (χ3v) is 10.7. The van der Waals surface area contributed by atoms with Gasteiger partial charge in [-0.3, -0.25) is 9.80 Å². The maximum atomic E-state index is 6.90. The monoisotopic (exact) mass is 732 g/mol. The number of pyridine rings is 2. The summed E-state index contributed by atoms with van der Waals surface area (Å²) in [4.78, 5) is 13.4. The summed E-state index contributed by atoms with van der Waals surface area (Å²) < 4.78 is 0. The van der Waals surface area contributed by atoms with Gasteiger partial charge in [0.05, 0.1) is 11.4 Å². The molecule has 0 spiro atoms. The van der Waals surface area contributed by atoms with Crippen molar-refractivity contribution in [3.63, 3.8) is 0 Å². The third-order valence-electron chi connectivity index (χ3n) is 10.2. The highest BCUT2D eigenvalue weighted by Gasteiger charge is 2.27. The number of hydrogen-bond donors (Lipinski definition) is 0. The summed E-state index contributed by atoms with van der Waals surface area (Å²) in [5.41, 5.74) is 7.39. The Morgan fingerprint density at radius 3 is 1.53 bits per heavy atom. The van der Waals surface area contributed by atoms with Gasteiger partial charge in [-0.15, -0.1) is 0 Å². The molecule has 6 heteroatoms. The van der Waals surface area contributed by atoms with Crippen molar-refractivity contribution in [2.45, 2.75) is 57.2 Å². The fourth-order valence-corrected chi connectivity index (χ4v) is 7.78. The van der Waals surface area contributed by atoms with Gasteiger partial charge in [-0.1, -0.05) is 131 Å². The van der Waals surface area contributed by atoms with E-state index in [2.05, 4.69) is 148 Å². The normalized spacial score (nSPS) is 12.3. The van der Waals surface area contributed by atoms with Crippen LogP contribution in [0.15, 0.2) is 140 Å². The molecular formula is C47H42Cl2N4. The Bertz CT molecular complexity index is 2540. The number of alkyl halides is 2. The molecule has 0 aliphatic carbocycles.